The summed E-state index contributed by atoms with van der Waals surface area (Å²) in [6.45, 7) is 0. The van der Waals surface area contributed by atoms with E-state index in [1.54, 1.807) is 22.7 Å². The summed E-state index contributed by atoms with van der Waals surface area (Å²) >= 11 is 13.0. The van der Waals surface area contributed by atoms with Crippen LogP contribution in [0, 0.1) is 0 Å². The zero-order chi connectivity index (χ0) is 18.1. The molecule has 2 aromatic carbocycles. The fourth-order valence-corrected chi connectivity index (χ4v) is 7.69. The van der Waals surface area contributed by atoms with Crippen LogP contribution in [0.25, 0.3) is 43.8 Å². The van der Waals surface area contributed by atoms with Gasteiger partial charge in [-0.3, -0.25) is 22.7 Å². The Bertz CT molecular complexity index is 1290. The molecule has 0 saturated heterocycles. The Morgan fingerprint density at radius 3 is 1.53 bits per heavy atom. The molecule has 0 N–H and O–H groups in total. The molecule has 0 nitrogen and oxygen atoms in total. The minimum absolute atomic E-state index is 0. The molecule has 2 aromatic rings. The molecule has 4 aliphatic rings. The molecule has 8 heteroatoms. The van der Waals surface area contributed by atoms with Gasteiger partial charge >= 0.3 is 26.2 Å². The Hall–Kier alpha value is 0.353. The Morgan fingerprint density at radius 1 is 0.667 bits per heavy atom. The normalized spacial score (nSPS) is 11.0. The third-order valence-corrected chi connectivity index (χ3v) is 9.72. The van der Waals surface area contributed by atoms with Gasteiger partial charge in [-0.05, 0) is 31.9 Å². The minimum atomic E-state index is 0. The van der Waals surface area contributed by atoms with E-state index in [4.69, 9.17) is 0 Å². The van der Waals surface area contributed by atoms with Crippen molar-refractivity contribution in [3.05, 3.63) is 66.9 Å². The topological polar surface area (TPSA) is 0 Å². The number of thiophene rings is 2. The Morgan fingerprint density at radius 2 is 1.10 bits per heavy atom. The van der Waals surface area contributed by atoms with Crippen molar-refractivity contribution in [1.82, 2.24) is 0 Å². The van der Waals surface area contributed by atoms with Gasteiger partial charge in [0.2, 0.25) is 0 Å². The molecule has 30 heavy (non-hydrogen) atoms. The predicted octanol–water partition coefficient (Wildman–Crippen LogP) is 3.45. The SMILES string of the molecule is Brc1ccc2c3[cH-]scc-3cc2c1Sc1c(Br)ccc2c3[cH-]scc-3cc12.[Cl-].[Cl-].[Zr+4]. The van der Waals surface area contributed by atoms with Crippen molar-refractivity contribution in [2.45, 2.75) is 9.79 Å². The van der Waals surface area contributed by atoms with Crippen LogP contribution in [-0.2, 0) is 26.2 Å². The smallest absolute Gasteiger partial charge is 1.00 e. The molecule has 6 rings (SSSR count). The van der Waals surface area contributed by atoms with E-state index in [-0.39, 0.29) is 51.0 Å². The third-order valence-electron chi connectivity index (χ3n) is 5.06. The minimum Gasteiger partial charge on any atom is -1.00 e. The first-order valence-corrected chi connectivity index (χ1v) is 12.6. The second kappa shape index (κ2) is 9.69. The predicted molar refractivity (Wildman–Crippen MR) is 128 cm³/mol. The van der Waals surface area contributed by atoms with Crippen LogP contribution >= 0.6 is 66.3 Å². The number of hydrogen-bond donors (Lipinski definition) is 0. The van der Waals surface area contributed by atoms with Crippen molar-refractivity contribution in [2.75, 3.05) is 0 Å². The number of rotatable bonds is 2. The molecule has 0 unspecified atom stereocenters. The maximum atomic E-state index is 3.80. The van der Waals surface area contributed by atoms with Crippen LogP contribution in [0.1, 0.15) is 0 Å². The van der Waals surface area contributed by atoms with E-state index < -0.39 is 0 Å². The van der Waals surface area contributed by atoms with Crippen molar-refractivity contribution in [2.24, 2.45) is 0 Å². The summed E-state index contributed by atoms with van der Waals surface area (Å²) in [5.41, 5.74) is 5.38. The van der Waals surface area contributed by atoms with Crippen LogP contribution in [0.4, 0.5) is 0 Å². The van der Waals surface area contributed by atoms with Crippen molar-refractivity contribution >= 4 is 87.8 Å². The van der Waals surface area contributed by atoms with E-state index in [9.17, 15) is 0 Å². The first kappa shape index (κ1) is 25.0. The quantitative estimate of drug-likeness (QED) is 0.251. The number of halogens is 4. The van der Waals surface area contributed by atoms with Crippen molar-refractivity contribution in [3.8, 4) is 22.3 Å². The first-order chi connectivity index (χ1) is 13.2. The Balaban J connectivity index is 0.000000853. The Kier molecular flexibility index (Phi) is 8.07. The van der Waals surface area contributed by atoms with Gasteiger partial charge < -0.3 is 24.8 Å². The fraction of sp³-hybridized carbons (Fsp3) is 0. The van der Waals surface area contributed by atoms with Crippen molar-refractivity contribution < 1.29 is 51.0 Å². The van der Waals surface area contributed by atoms with Crippen molar-refractivity contribution in [3.63, 3.8) is 0 Å². The molecule has 0 fully saturated rings. The van der Waals surface area contributed by atoms with E-state index in [1.807, 2.05) is 11.8 Å². The fourth-order valence-electron chi connectivity index (χ4n) is 3.80. The summed E-state index contributed by atoms with van der Waals surface area (Å²) in [6, 6.07) is 13.5. The van der Waals surface area contributed by atoms with E-state index in [1.165, 1.54) is 53.6 Å². The van der Waals surface area contributed by atoms with Crippen LogP contribution in [0.15, 0.2) is 76.7 Å². The Labute approximate surface area is 235 Å². The van der Waals surface area contributed by atoms with Gasteiger partial charge in [-0.2, -0.15) is 0 Å². The van der Waals surface area contributed by atoms with E-state index in [0.29, 0.717) is 0 Å². The zero-order valence-corrected chi connectivity index (χ0v) is 24.6. The van der Waals surface area contributed by atoms with Gasteiger partial charge in [0, 0.05) is 18.7 Å². The van der Waals surface area contributed by atoms with Crippen LogP contribution < -0.4 is 24.8 Å². The summed E-state index contributed by atoms with van der Waals surface area (Å²) in [5.74, 6) is 0. The molecule has 0 aromatic heterocycles. The molecule has 2 aliphatic heterocycles. The first-order valence-electron chi connectivity index (χ1n) is 8.36. The number of fused-ring (bicyclic) bond motifs is 6. The summed E-state index contributed by atoms with van der Waals surface area (Å²) in [5, 5.41) is 14.3. The zero-order valence-electron chi connectivity index (χ0n) is 15.0. The van der Waals surface area contributed by atoms with Crippen LogP contribution in [0.3, 0.4) is 0 Å². The molecule has 0 saturated carbocycles. The van der Waals surface area contributed by atoms with Gasteiger partial charge in [-0.15, -0.1) is 45.1 Å². The van der Waals surface area contributed by atoms with Gasteiger partial charge in [0.15, 0.2) is 0 Å². The molecule has 0 atom stereocenters. The molecular formula is C22H10Br2Cl2S3Zr. The largest absolute Gasteiger partial charge is 4.00 e. The molecule has 148 valence electrons. The van der Waals surface area contributed by atoms with Gasteiger partial charge in [-0.1, -0.05) is 68.3 Å². The molecule has 2 heterocycles. The molecule has 0 bridgehead atoms. The van der Waals surface area contributed by atoms with Crippen LogP contribution in [-0.4, -0.2) is 0 Å². The second-order valence-corrected chi connectivity index (χ2v) is 10.8. The average molecular weight is 692 g/mol. The summed E-state index contributed by atoms with van der Waals surface area (Å²) in [6.07, 6.45) is 0. The van der Waals surface area contributed by atoms with Gasteiger partial charge in [0.1, 0.15) is 0 Å². The van der Waals surface area contributed by atoms with Gasteiger partial charge in [-0.25, -0.2) is 0 Å². The molecule has 0 amide bonds. The summed E-state index contributed by atoms with van der Waals surface area (Å²) < 4.78 is 2.29. The molecule has 0 radical (unpaired) electrons. The molecular weight excluding hydrogens is 682 g/mol. The summed E-state index contributed by atoms with van der Waals surface area (Å²) in [4.78, 5) is 2.57. The van der Waals surface area contributed by atoms with E-state index in [2.05, 4.69) is 89.8 Å². The average Bonchev–Trinajstić information content (AvgIpc) is 3.39. The molecule has 2 aliphatic carbocycles. The number of hydrogen-bond acceptors (Lipinski definition) is 3. The number of benzene rings is 2. The van der Waals surface area contributed by atoms with Crippen LogP contribution in [0.5, 0.6) is 0 Å². The monoisotopic (exact) mass is 688 g/mol. The standard InChI is InChI=1S/C22H10Br2S3.2ClH.Zr/c23-19-3-1-13-15(5-11-7-25-9-17(11)13)21(19)27-22-16-6-12-8-26-10-18(12)14(16)2-4-20(22)24;;;/h1-10H;2*1H;/q-2;;;+4/p-2. The van der Waals surface area contributed by atoms with Gasteiger partial charge in [0.25, 0.3) is 0 Å². The second-order valence-electron chi connectivity index (χ2n) is 6.55. The maximum Gasteiger partial charge on any atom is 4.00 e. The third kappa shape index (κ3) is 3.84. The van der Waals surface area contributed by atoms with Crippen molar-refractivity contribution in [1.29, 1.82) is 0 Å². The maximum absolute atomic E-state index is 3.80. The van der Waals surface area contributed by atoms with E-state index in [0.717, 1.165) is 8.95 Å². The van der Waals surface area contributed by atoms with E-state index >= 15 is 0 Å². The summed E-state index contributed by atoms with van der Waals surface area (Å²) in [7, 11) is 0. The molecule has 0 spiro atoms. The van der Waals surface area contributed by atoms with Gasteiger partial charge in [0.05, 0.1) is 0 Å². The van der Waals surface area contributed by atoms with Crippen LogP contribution in [0.2, 0.25) is 0 Å².